The zero-order chi connectivity index (χ0) is 21.6. The Morgan fingerprint density at radius 3 is 2.71 bits per heavy atom. The molecule has 3 aromatic rings. The number of carbonyl (C=O) groups excluding carboxylic acids is 2. The van der Waals surface area contributed by atoms with E-state index in [2.05, 4.69) is 34.3 Å². The van der Waals surface area contributed by atoms with E-state index in [0.717, 1.165) is 41.2 Å². The van der Waals surface area contributed by atoms with Gasteiger partial charge >= 0.3 is 0 Å². The predicted molar refractivity (Wildman–Crippen MR) is 123 cm³/mol. The molecular formula is C24H26N4O2S. The summed E-state index contributed by atoms with van der Waals surface area (Å²) in [5, 5.41) is 5.79. The van der Waals surface area contributed by atoms with Crippen LogP contribution in [0.5, 0.6) is 0 Å². The number of amides is 2. The van der Waals surface area contributed by atoms with Crippen molar-refractivity contribution in [2.75, 3.05) is 11.4 Å². The lowest BCUT2D eigenvalue weighted by atomic mass is 10.1. The van der Waals surface area contributed by atoms with E-state index in [4.69, 9.17) is 0 Å². The molecule has 160 valence electrons. The van der Waals surface area contributed by atoms with E-state index in [1.54, 1.807) is 17.3 Å². The van der Waals surface area contributed by atoms with Gasteiger partial charge in [-0.2, -0.15) is 0 Å². The fraction of sp³-hybridized carbons (Fsp3) is 0.333. The number of pyridine rings is 1. The average molecular weight is 435 g/mol. The van der Waals surface area contributed by atoms with Crippen molar-refractivity contribution in [3.8, 4) is 10.6 Å². The number of aryl methyl sites for hydroxylation is 1. The standard InChI is InChI=1S/C24H26N4O2S/c1-2-3-4-17-5-7-21(8-6-17)28-15-19(13-22(28)29)23(30)26-14-20-16-31-24(27-20)18-9-11-25-12-10-18/h5-12,16,19H,2-4,13-15H2,1H3,(H,26,30). The van der Waals surface area contributed by atoms with Gasteiger partial charge in [0.15, 0.2) is 0 Å². The number of hydrogen-bond donors (Lipinski definition) is 1. The summed E-state index contributed by atoms with van der Waals surface area (Å²) in [6.07, 6.45) is 7.08. The van der Waals surface area contributed by atoms with Gasteiger partial charge in [0.25, 0.3) is 0 Å². The van der Waals surface area contributed by atoms with Crippen molar-refractivity contribution in [2.24, 2.45) is 5.92 Å². The molecule has 2 aromatic heterocycles. The van der Waals surface area contributed by atoms with Gasteiger partial charge in [-0.1, -0.05) is 25.5 Å². The van der Waals surface area contributed by atoms with Crippen LogP contribution in [0.15, 0.2) is 54.2 Å². The summed E-state index contributed by atoms with van der Waals surface area (Å²) in [6, 6.07) is 12.0. The van der Waals surface area contributed by atoms with E-state index in [9.17, 15) is 9.59 Å². The Balaban J connectivity index is 1.32. The monoisotopic (exact) mass is 434 g/mol. The van der Waals surface area contributed by atoms with Gasteiger partial charge in [0, 0.05) is 42.0 Å². The third-order valence-corrected chi connectivity index (χ3v) is 6.43. The highest BCUT2D eigenvalue weighted by molar-refractivity contribution is 7.13. The minimum absolute atomic E-state index is 0.00455. The summed E-state index contributed by atoms with van der Waals surface area (Å²) in [5.41, 5.74) is 3.97. The molecule has 1 aliphatic rings. The van der Waals surface area contributed by atoms with Crippen LogP contribution >= 0.6 is 11.3 Å². The quantitative estimate of drug-likeness (QED) is 0.576. The minimum atomic E-state index is -0.342. The average Bonchev–Trinajstić information content (AvgIpc) is 3.44. The molecule has 1 unspecified atom stereocenters. The smallest absolute Gasteiger partial charge is 0.227 e. The van der Waals surface area contributed by atoms with Gasteiger partial charge in [0.05, 0.1) is 18.2 Å². The first-order chi connectivity index (χ1) is 15.1. The molecule has 4 rings (SSSR count). The molecule has 7 heteroatoms. The first-order valence-corrected chi connectivity index (χ1v) is 11.5. The summed E-state index contributed by atoms with van der Waals surface area (Å²) < 4.78 is 0. The molecule has 1 atom stereocenters. The van der Waals surface area contributed by atoms with Crippen LogP contribution in [0.3, 0.4) is 0 Å². The molecule has 1 N–H and O–H groups in total. The normalized spacial score (nSPS) is 16.0. The number of anilines is 1. The Hall–Kier alpha value is -3.06. The fourth-order valence-corrected chi connectivity index (χ4v) is 4.52. The van der Waals surface area contributed by atoms with Gasteiger partial charge in [-0.3, -0.25) is 14.6 Å². The molecule has 0 radical (unpaired) electrons. The fourth-order valence-electron chi connectivity index (χ4n) is 3.69. The SMILES string of the molecule is CCCCc1ccc(N2CC(C(=O)NCc3csc(-c4ccncc4)n3)CC2=O)cc1. The van der Waals surface area contributed by atoms with E-state index < -0.39 is 0 Å². The van der Waals surface area contributed by atoms with Gasteiger partial charge in [-0.25, -0.2) is 4.98 Å². The van der Waals surface area contributed by atoms with Crippen LogP contribution in [-0.2, 0) is 22.6 Å². The molecule has 1 aromatic carbocycles. The zero-order valence-corrected chi connectivity index (χ0v) is 18.4. The number of nitrogens with zero attached hydrogens (tertiary/aromatic N) is 3. The Bertz CT molecular complexity index is 1030. The van der Waals surface area contributed by atoms with E-state index in [1.807, 2.05) is 29.6 Å². The molecule has 0 spiro atoms. The molecule has 1 saturated heterocycles. The third kappa shape index (κ3) is 5.17. The van der Waals surface area contributed by atoms with E-state index in [1.165, 1.54) is 16.9 Å². The summed E-state index contributed by atoms with van der Waals surface area (Å²) >= 11 is 1.54. The Kier molecular flexibility index (Phi) is 6.72. The highest BCUT2D eigenvalue weighted by Crippen LogP contribution is 2.26. The van der Waals surface area contributed by atoms with Crippen molar-refractivity contribution < 1.29 is 9.59 Å². The molecule has 2 amide bonds. The maximum atomic E-state index is 12.7. The molecule has 6 nitrogen and oxygen atoms in total. The second-order valence-electron chi connectivity index (χ2n) is 7.77. The van der Waals surface area contributed by atoms with Gasteiger partial charge in [-0.15, -0.1) is 11.3 Å². The van der Waals surface area contributed by atoms with Crippen LogP contribution in [0.25, 0.3) is 10.6 Å². The van der Waals surface area contributed by atoms with E-state index in [0.29, 0.717) is 13.1 Å². The van der Waals surface area contributed by atoms with Crippen LogP contribution in [0.1, 0.15) is 37.4 Å². The Labute approximate surface area is 186 Å². The first-order valence-electron chi connectivity index (χ1n) is 10.7. The number of nitrogens with one attached hydrogen (secondary N) is 1. The predicted octanol–water partition coefficient (Wildman–Crippen LogP) is 4.22. The molecule has 1 fully saturated rings. The second-order valence-corrected chi connectivity index (χ2v) is 8.63. The number of aromatic nitrogens is 2. The third-order valence-electron chi connectivity index (χ3n) is 5.49. The lowest BCUT2D eigenvalue weighted by Gasteiger charge is -2.17. The number of thiazole rings is 1. The summed E-state index contributed by atoms with van der Waals surface area (Å²) in [5.74, 6) is -0.450. The maximum Gasteiger partial charge on any atom is 0.227 e. The van der Waals surface area contributed by atoms with Crippen molar-refractivity contribution in [1.29, 1.82) is 0 Å². The van der Waals surface area contributed by atoms with Crippen molar-refractivity contribution in [3.05, 3.63) is 65.4 Å². The van der Waals surface area contributed by atoms with Gasteiger partial charge in [-0.05, 0) is 42.7 Å². The van der Waals surface area contributed by atoms with Crippen LogP contribution in [-0.4, -0.2) is 28.3 Å². The summed E-state index contributed by atoms with van der Waals surface area (Å²) in [7, 11) is 0. The van der Waals surface area contributed by atoms with Crippen LogP contribution < -0.4 is 10.2 Å². The maximum absolute atomic E-state index is 12.7. The molecular weight excluding hydrogens is 408 g/mol. The van der Waals surface area contributed by atoms with Crippen LogP contribution in [0.4, 0.5) is 5.69 Å². The lowest BCUT2D eigenvalue weighted by Crippen LogP contribution is -2.32. The summed E-state index contributed by atoms with van der Waals surface area (Å²) in [6.45, 7) is 2.95. The number of unbranched alkanes of at least 4 members (excludes halogenated alkanes) is 1. The Morgan fingerprint density at radius 2 is 1.97 bits per heavy atom. The molecule has 0 aliphatic carbocycles. The van der Waals surface area contributed by atoms with Crippen LogP contribution in [0, 0.1) is 5.92 Å². The van der Waals surface area contributed by atoms with Gasteiger partial charge in [0.1, 0.15) is 5.01 Å². The number of benzene rings is 1. The molecule has 0 saturated carbocycles. The van der Waals surface area contributed by atoms with Gasteiger partial charge in [0.2, 0.25) is 11.8 Å². The summed E-state index contributed by atoms with van der Waals surface area (Å²) in [4.78, 5) is 35.5. The number of carbonyl (C=O) groups is 2. The largest absolute Gasteiger partial charge is 0.350 e. The lowest BCUT2D eigenvalue weighted by molar-refractivity contribution is -0.126. The van der Waals surface area contributed by atoms with Crippen molar-refractivity contribution in [1.82, 2.24) is 15.3 Å². The topological polar surface area (TPSA) is 75.2 Å². The first kappa shape index (κ1) is 21.2. The van der Waals surface area contributed by atoms with E-state index >= 15 is 0 Å². The molecule has 0 bridgehead atoms. The molecule has 3 heterocycles. The van der Waals surface area contributed by atoms with E-state index in [-0.39, 0.29) is 24.2 Å². The highest BCUT2D eigenvalue weighted by atomic mass is 32.1. The Morgan fingerprint density at radius 1 is 1.19 bits per heavy atom. The minimum Gasteiger partial charge on any atom is -0.350 e. The zero-order valence-electron chi connectivity index (χ0n) is 17.6. The molecule has 1 aliphatic heterocycles. The van der Waals surface area contributed by atoms with Crippen LogP contribution in [0.2, 0.25) is 0 Å². The molecule has 31 heavy (non-hydrogen) atoms. The highest BCUT2D eigenvalue weighted by Gasteiger charge is 2.35. The number of rotatable bonds is 8. The van der Waals surface area contributed by atoms with Gasteiger partial charge < -0.3 is 10.2 Å². The van der Waals surface area contributed by atoms with Crippen molar-refractivity contribution in [3.63, 3.8) is 0 Å². The number of hydrogen-bond acceptors (Lipinski definition) is 5. The van der Waals surface area contributed by atoms with Crippen molar-refractivity contribution >= 4 is 28.8 Å². The van der Waals surface area contributed by atoms with Crippen molar-refractivity contribution in [2.45, 2.75) is 39.2 Å². The second kappa shape index (κ2) is 9.83.